The van der Waals surface area contributed by atoms with Crippen molar-refractivity contribution in [3.8, 4) is 0 Å². The van der Waals surface area contributed by atoms with Gasteiger partial charge in [-0.15, -0.1) is 0 Å². The maximum absolute atomic E-state index is 12.3. The molecule has 0 aliphatic heterocycles. The summed E-state index contributed by atoms with van der Waals surface area (Å²) < 4.78 is 1.82. The third-order valence-electron chi connectivity index (χ3n) is 5.30. The summed E-state index contributed by atoms with van der Waals surface area (Å²) in [7, 11) is 0. The Balaban J connectivity index is 1.35. The number of halogens is 1. The van der Waals surface area contributed by atoms with Gasteiger partial charge in [0.2, 0.25) is 11.8 Å². The molecule has 154 valence electrons. The van der Waals surface area contributed by atoms with Gasteiger partial charge in [0.25, 0.3) is 0 Å². The Bertz CT molecular complexity index is 1100. The van der Waals surface area contributed by atoms with Crippen molar-refractivity contribution in [3.05, 3.63) is 71.1 Å². The Labute approximate surface area is 180 Å². The minimum Gasteiger partial charge on any atom is -0.348 e. The van der Waals surface area contributed by atoms with Gasteiger partial charge >= 0.3 is 0 Å². The fourth-order valence-electron chi connectivity index (χ4n) is 3.73. The lowest BCUT2D eigenvalue weighted by Gasteiger charge is -2.11. The number of amides is 2. The fraction of sp³-hybridized carbons (Fsp3) is 0.261. The molecule has 0 radical (unpaired) electrons. The third kappa shape index (κ3) is 4.71. The normalized spacial score (nSPS) is 14.4. The van der Waals surface area contributed by atoms with Crippen LogP contribution in [0.1, 0.15) is 36.9 Å². The number of benzene rings is 1. The van der Waals surface area contributed by atoms with Crippen LogP contribution >= 0.6 is 11.6 Å². The Morgan fingerprint density at radius 2 is 2.00 bits per heavy atom. The molecule has 1 aliphatic carbocycles. The van der Waals surface area contributed by atoms with Crippen LogP contribution in [0.3, 0.4) is 0 Å². The molecule has 0 atom stereocenters. The first kappa shape index (κ1) is 20.2. The van der Waals surface area contributed by atoms with E-state index in [0.29, 0.717) is 17.4 Å². The first-order valence-electron chi connectivity index (χ1n) is 10.1. The zero-order valence-corrected chi connectivity index (χ0v) is 17.2. The predicted octanol–water partition coefficient (Wildman–Crippen LogP) is 4.45. The molecule has 1 aromatic carbocycles. The van der Waals surface area contributed by atoms with Gasteiger partial charge < -0.3 is 10.6 Å². The van der Waals surface area contributed by atoms with E-state index in [4.69, 9.17) is 11.6 Å². The number of nitrogens with one attached hydrogen (secondary N) is 2. The van der Waals surface area contributed by atoms with E-state index in [0.717, 1.165) is 42.6 Å². The zero-order chi connectivity index (χ0) is 20.9. The van der Waals surface area contributed by atoms with Crippen LogP contribution in [-0.4, -0.2) is 21.2 Å². The van der Waals surface area contributed by atoms with E-state index in [1.807, 2.05) is 53.1 Å². The SMILES string of the molecule is O=C(/C=C/c1c(Cl)nc2ccccn12)NCc1cccc(NC(=O)C2CCCC2)c1. The van der Waals surface area contributed by atoms with Gasteiger partial charge in [0.05, 0.1) is 5.69 Å². The van der Waals surface area contributed by atoms with E-state index in [-0.39, 0.29) is 17.7 Å². The average Bonchev–Trinajstić information content (AvgIpc) is 3.39. The van der Waals surface area contributed by atoms with Crippen LogP contribution in [0.5, 0.6) is 0 Å². The van der Waals surface area contributed by atoms with Crippen molar-refractivity contribution in [1.29, 1.82) is 0 Å². The Hall–Kier alpha value is -3.12. The summed E-state index contributed by atoms with van der Waals surface area (Å²) in [6, 6.07) is 13.1. The van der Waals surface area contributed by atoms with Crippen molar-refractivity contribution in [2.45, 2.75) is 32.2 Å². The summed E-state index contributed by atoms with van der Waals surface area (Å²) >= 11 is 6.18. The number of aromatic nitrogens is 2. The lowest BCUT2D eigenvalue weighted by atomic mass is 10.1. The number of imidazole rings is 1. The van der Waals surface area contributed by atoms with Crippen LogP contribution in [0.2, 0.25) is 5.15 Å². The molecular formula is C23H23ClN4O2. The molecular weight excluding hydrogens is 400 g/mol. The van der Waals surface area contributed by atoms with Crippen LogP contribution in [0.15, 0.2) is 54.7 Å². The minimum atomic E-state index is -0.239. The highest BCUT2D eigenvalue weighted by Crippen LogP contribution is 2.26. The highest BCUT2D eigenvalue weighted by atomic mass is 35.5. The molecule has 3 aromatic rings. The highest BCUT2D eigenvalue weighted by molar-refractivity contribution is 6.31. The number of rotatable bonds is 6. The van der Waals surface area contributed by atoms with Crippen molar-refractivity contribution < 1.29 is 9.59 Å². The molecule has 0 spiro atoms. The van der Waals surface area contributed by atoms with Crippen LogP contribution in [0.4, 0.5) is 5.69 Å². The van der Waals surface area contributed by atoms with E-state index in [1.165, 1.54) is 6.08 Å². The van der Waals surface area contributed by atoms with Gasteiger partial charge in [-0.3, -0.25) is 14.0 Å². The smallest absolute Gasteiger partial charge is 0.244 e. The second kappa shape index (κ2) is 9.13. The summed E-state index contributed by atoms with van der Waals surface area (Å²) in [4.78, 5) is 28.8. The lowest BCUT2D eigenvalue weighted by Crippen LogP contribution is -2.21. The summed E-state index contributed by atoms with van der Waals surface area (Å²) in [5, 5.41) is 6.19. The molecule has 1 fully saturated rings. The van der Waals surface area contributed by atoms with Gasteiger partial charge in [-0.2, -0.15) is 0 Å². The molecule has 4 rings (SSSR count). The van der Waals surface area contributed by atoms with E-state index in [9.17, 15) is 9.59 Å². The van der Waals surface area contributed by atoms with Gasteiger partial charge in [0.1, 0.15) is 5.65 Å². The molecule has 0 bridgehead atoms. The van der Waals surface area contributed by atoms with Crippen molar-refractivity contribution in [2.24, 2.45) is 5.92 Å². The zero-order valence-electron chi connectivity index (χ0n) is 16.5. The number of carbonyl (C=O) groups excluding carboxylic acids is 2. The van der Waals surface area contributed by atoms with Crippen LogP contribution in [0, 0.1) is 5.92 Å². The number of hydrogen-bond donors (Lipinski definition) is 2. The number of anilines is 1. The van der Waals surface area contributed by atoms with E-state index < -0.39 is 0 Å². The molecule has 1 saturated carbocycles. The monoisotopic (exact) mass is 422 g/mol. The predicted molar refractivity (Wildman–Crippen MR) is 118 cm³/mol. The molecule has 2 heterocycles. The minimum absolute atomic E-state index is 0.0848. The quantitative estimate of drug-likeness (QED) is 0.576. The number of hydrogen-bond acceptors (Lipinski definition) is 3. The largest absolute Gasteiger partial charge is 0.348 e. The van der Waals surface area contributed by atoms with E-state index in [2.05, 4.69) is 15.6 Å². The second-order valence-corrected chi connectivity index (χ2v) is 7.80. The van der Waals surface area contributed by atoms with E-state index >= 15 is 0 Å². The Kier molecular flexibility index (Phi) is 6.14. The average molecular weight is 423 g/mol. The summed E-state index contributed by atoms with van der Waals surface area (Å²) in [6.07, 6.45) is 9.10. The Morgan fingerprint density at radius 3 is 2.83 bits per heavy atom. The standard InChI is InChI=1S/C23H23ClN4O2/c24-22-19(28-13-4-3-10-20(28)27-22)11-12-21(29)25-15-16-6-5-9-18(14-16)26-23(30)17-7-1-2-8-17/h3-6,9-14,17H,1-2,7-8,15H2,(H,25,29)(H,26,30)/b12-11+. The maximum atomic E-state index is 12.3. The number of pyridine rings is 1. The molecule has 2 amide bonds. The van der Waals surface area contributed by atoms with Gasteiger partial charge in [-0.05, 0) is 48.7 Å². The molecule has 0 unspecified atom stereocenters. The Morgan fingerprint density at radius 1 is 1.17 bits per heavy atom. The first-order valence-corrected chi connectivity index (χ1v) is 10.5. The first-order chi connectivity index (χ1) is 14.6. The summed E-state index contributed by atoms with van der Waals surface area (Å²) in [6.45, 7) is 0.358. The van der Waals surface area contributed by atoms with Gasteiger partial charge in [0.15, 0.2) is 5.15 Å². The highest BCUT2D eigenvalue weighted by Gasteiger charge is 2.22. The van der Waals surface area contributed by atoms with Gasteiger partial charge in [0, 0.05) is 30.4 Å². The maximum Gasteiger partial charge on any atom is 0.244 e. The molecule has 0 saturated heterocycles. The van der Waals surface area contributed by atoms with Crippen LogP contribution in [0.25, 0.3) is 11.7 Å². The van der Waals surface area contributed by atoms with E-state index in [1.54, 1.807) is 6.08 Å². The van der Waals surface area contributed by atoms with Crippen molar-refractivity contribution in [1.82, 2.24) is 14.7 Å². The number of nitrogens with zero attached hydrogens (tertiary/aromatic N) is 2. The van der Waals surface area contributed by atoms with Crippen LogP contribution in [-0.2, 0) is 16.1 Å². The number of fused-ring (bicyclic) bond motifs is 1. The molecule has 6 nitrogen and oxygen atoms in total. The second-order valence-electron chi connectivity index (χ2n) is 7.44. The fourth-order valence-corrected chi connectivity index (χ4v) is 3.97. The molecule has 2 aromatic heterocycles. The molecule has 7 heteroatoms. The van der Waals surface area contributed by atoms with Crippen molar-refractivity contribution >= 4 is 40.8 Å². The molecule has 1 aliphatic rings. The van der Waals surface area contributed by atoms with Gasteiger partial charge in [-0.25, -0.2) is 4.98 Å². The lowest BCUT2D eigenvalue weighted by molar-refractivity contribution is -0.119. The van der Waals surface area contributed by atoms with Crippen molar-refractivity contribution in [2.75, 3.05) is 5.32 Å². The van der Waals surface area contributed by atoms with Gasteiger partial charge in [-0.1, -0.05) is 42.6 Å². The number of carbonyl (C=O) groups is 2. The molecule has 30 heavy (non-hydrogen) atoms. The van der Waals surface area contributed by atoms with Crippen molar-refractivity contribution in [3.63, 3.8) is 0 Å². The summed E-state index contributed by atoms with van der Waals surface area (Å²) in [5.74, 6) is -0.0381. The topological polar surface area (TPSA) is 75.5 Å². The third-order valence-corrected chi connectivity index (χ3v) is 5.58. The molecule has 2 N–H and O–H groups in total. The van der Waals surface area contributed by atoms with Crippen LogP contribution < -0.4 is 10.6 Å². The summed E-state index contributed by atoms with van der Waals surface area (Å²) in [5.41, 5.74) is 3.04.